The number of hydrogen-bond acceptors (Lipinski definition) is 2. The van der Waals surface area contributed by atoms with Gasteiger partial charge in [0.1, 0.15) is 5.88 Å². The predicted octanol–water partition coefficient (Wildman–Crippen LogP) is 2.02. The van der Waals surface area contributed by atoms with Crippen molar-refractivity contribution < 1.29 is 4.79 Å². The monoisotopic (exact) mass is 221 g/mol. The normalized spacial score (nSPS) is 20.2. The third-order valence-corrected chi connectivity index (χ3v) is 4.34. The van der Waals surface area contributed by atoms with E-state index in [4.69, 9.17) is 11.6 Å². The van der Waals surface area contributed by atoms with E-state index in [9.17, 15) is 4.79 Å². The number of amides is 1. The lowest BCUT2D eigenvalue weighted by atomic mass is 10.1. The van der Waals surface area contributed by atoms with Gasteiger partial charge in [-0.25, -0.2) is 0 Å². The Kier molecular flexibility index (Phi) is 4.39. The van der Waals surface area contributed by atoms with E-state index in [0.29, 0.717) is 4.75 Å². The average Bonchev–Trinajstić information content (AvgIpc) is 2.63. The number of nitrogens with one attached hydrogen (secondary N) is 1. The molecule has 1 N–H and O–H groups in total. The van der Waals surface area contributed by atoms with Crippen LogP contribution in [0.4, 0.5) is 0 Å². The molecule has 0 spiro atoms. The molecular formula is C9H16ClNOS. The highest BCUT2D eigenvalue weighted by Gasteiger charge is 2.32. The van der Waals surface area contributed by atoms with Crippen LogP contribution in [0.3, 0.4) is 0 Å². The van der Waals surface area contributed by atoms with Crippen LogP contribution in [0.25, 0.3) is 0 Å². The van der Waals surface area contributed by atoms with Gasteiger partial charge in [-0.15, -0.1) is 11.6 Å². The zero-order valence-electron chi connectivity index (χ0n) is 7.94. The summed E-state index contributed by atoms with van der Waals surface area (Å²) in [7, 11) is 0. The molecule has 0 heterocycles. The summed E-state index contributed by atoms with van der Waals surface area (Å²) in [6.45, 7) is 0.778. The average molecular weight is 222 g/mol. The van der Waals surface area contributed by atoms with E-state index in [0.717, 1.165) is 6.54 Å². The summed E-state index contributed by atoms with van der Waals surface area (Å²) < 4.78 is 0.293. The van der Waals surface area contributed by atoms with Crippen LogP contribution in [0.5, 0.6) is 0 Å². The molecule has 1 fully saturated rings. The van der Waals surface area contributed by atoms with Gasteiger partial charge in [0.2, 0.25) is 5.91 Å². The Morgan fingerprint density at radius 3 is 2.62 bits per heavy atom. The van der Waals surface area contributed by atoms with E-state index in [1.54, 1.807) is 0 Å². The maximum absolute atomic E-state index is 11.0. The van der Waals surface area contributed by atoms with Crippen molar-refractivity contribution in [2.75, 3.05) is 18.7 Å². The molecule has 4 heteroatoms. The Hall–Kier alpha value is 0.110. The lowest BCUT2D eigenvalue weighted by molar-refractivity contribution is -0.118. The summed E-state index contributed by atoms with van der Waals surface area (Å²) in [4.78, 5) is 11.0. The molecule has 0 atom stereocenters. The second kappa shape index (κ2) is 5.11. The van der Waals surface area contributed by atoms with E-state index in [2.05, 4.69) is 11.6 Å². The minimum atomic E-state index is -0.0537. The van der Waals surface area contributed by atoms with Crippen LogP contribution in [0.2, 0.25) is 0 Å². The van der Waals surface area contributed by atoms with Crippen LogP contribution in [0, 0.1) is 0 Å². The smallest absolute Gasteiger partial charge is 0.234 e. The Labute approximate surface area is 88.8 Å². The molecule has 1 amide bonds. The molecular weight excluding hydrogens is 206 g/mol. The molecule has 0 saturated heterocycles. The first-order chi connectivity index (χ1) is 6.22. The fourth-order valence-electron chi connectivity index (χ4n) is 1.78. The molecule has 0 aromatic rings. The van der Waals surface area contributed by atoms with Crippen molar-refractivity contribution in [2.45, 2.75) is 30.4 Å². The van der Waals surface area contributed by atoms with Gasteiger partial charge in [0.15, 0.2) is 0 Å². The van der Waals surface area contributed by atoms with E-state index >= 15 is 0 Å². The summed E-state index contributed by atoms with van der Waals surface area (Å²) in [6, 6.07) is 0. The quantitative estimate of drug-likeness (QED) is 0.736. The van der Waals surface area contributed by atoms with Crippen molar-refractivity contribution in [3.05, 3.63) is 0 Å². The Balaban J connectivity index is 2.35. The predicted molar refractivity (Wildman–Crippen MR) is 58.4 cm³/mol. The first kappa shape index (κ1) is 11.2. The molecule has 0 aromatic heterocycles. The minimum absolute atomic E-state index is 0.0537. The SMILES string of the molecule is CSC1(CNC(=O)CCl)CCCC1. The lowest BCUT2D eigenvalue weighted by Crippen LogP contribution is -2.38. The summed E-state index contributed by atoms with van der Waals surface area (Å²) in [5.41, 5.74) is 0. The molecule has 0 aliphatic heterocycles. The van der Waals surface area contributed by atoms with E-state index in [1.807, 2.05) is 11.8 Å². The minimum Gasteiger partial charge on any atom is -0.354 e. The number of hydrogen-bond donors (Lipinski definition) is 1. The fourth-order valence-corrected chi connectivity index (χ4v) is 2.79. The van der Waals surface area contributed by atoms with Gasteiger partial charge in [-0.1, -0.05) is 12.8 Å². The van der Waals surface area contributed by atoms with Crippen molar-refractivity contribution >= 4 is 29.3 Å². The molecule has 1 saturated carbocycles. The van der Waals surface area contributed by atoms with Crippen LogP contribution in [0.1, 0.15) is 25.7 Å². The zero-order valence-corrected chi connectivity index (χ0v) is 9.51. The van der Waals surface area contributed by atoms with Gasteiger partial charge in [0, 0.05) is 11.3 Å². The van der Waals surface area contributed by atoms with E-state index in [-0.39, 0.29) is 11.8 Å². The van der Waals surface area contributed by atoms with Crippen molar-refractivity contribution in [1.82, 2.24) is 5.32 Å². The van der Waals surface area contributed by atoms with E-state index in [1.165, 1.54) is 25.7 Å². The van der Waals surface area contributed by atoms with Crippen molar-refractivity contribution in [3.8, 4) is 0 Å². The molecule has 1 aliphatic carbocycles. The number of rotatable bonds is 4. The standard InChI is InChI=1S/C9H16ClNOS/c1-13-9(4-2-3-5-9)7-11-8(12)6-10/h2-7H2,1H3,(H,11,12). The van der Waals surface area contributed by atoms with Crippen LogP contribution >= 0.6 is 23.4 Å². The van der Waals surface area contributed by atoms with Gasteiger partial charge in [0.25, 0.3) is 0 Å². The first-order valence-electron chi connectivity index (χ1n) is 4.60. The summed E-state index contributed by atoms with van der Waals surface area (Å²) in [5.74, 6) is 0.0202. The molecule has 1 rings (SSSR count). The Morgan fingerprint density at radius 2 is 2.15 bits per heavy atom. The molecule has 0 aromatic carbocycles. The van der Waals surface area contributed by atoms with Gasteiger partial charge in [-0.05, 0) is 19.1 Å². The highest BCUT2D eigenvalue weighted by atomic mass is 35.5. The van der Waals surface area contributed by atoms with Crippen LogP contribution < -0.4 is 5.32 Å². The van der Waals surface area contributed by atoms with Crippen molar-refractivity contribution in [3.63, 3.8) is 0 Å². The van der Waals surface area contributed by atoms with Gasteiger partial charge in [0.05, 0.1) is 0 Å². The number of thioether (sulfide) groups is 1. The number of halogens is 1. The largest absolute Gasteiger partial charge is 0.354 e. The number of carbonyl (C=O) groups is 1. The molecule has 0 unspecified atom stereocenters. The van der Waals surface area contributed by atoms with Crippen LogP contribution in [-0.4, -0.2) is 29.3 Å². The van der Waals surface area contributed by atoms with E-state index < -0.39 is 0 Å². The Bertz CT molecular complexity index is 180. The second-order valence-electron chi connectivity index (χ2n) is 3.50. The van der Waals surface area contributed by atoms with Gasteiger partial charge >= 0.3 is 0 Å². The Morgan fingerprint density at radius 1 is 1.54 bits per heavy atom. The lowest BCUT2D eigenvalue weighted by Gasteiger charge is -2.26. The van der Waals surface area contributed by atoms with Gasteiger partial charge in [-0.3, -0.25) is 4.79 Å². The highest BCUT2D eigenvalue weighted by Crippen LogP contribution is 2.39. The number of carbonyl (C=O) groups excluding carboxylic acids is 1. The summed E-state index contributed by atoms with van der Waals surface area (Å²) in [6.07, 6.45) is 7.14. The van der Waals surface area contributed by atoms with Gasteiger partial charge < -0.3 is 5.32 Å². The molecule has 0 bridgehead atoms. The molecule has 2 nitrogen and oxygen atoms in total. The second-order valence-corrected chi connectivity index (χ2v) is 5.05. The third-order valence-electron chi connectivity index (χ3n) is 2.68. The maximum Gasteiger partial charge on any atom is 0.234 e. The molecule has 1 aliphatic rings. The topological polar surface area (TPSA) is 29.1 Å². The highest BCUT2D eigenvalue weighted by molar-refractivity contribution is 8.00. The summed E-state index contributed by atoms with van der Waals surface area (Å²) in [5, 5.41) is 2.87. The summed E-state index contributed by atoms with van der Waals surface area (Å²) >= 11 is 7.28. The zero-order chi connectivity index (χ0) is 9.73. The van der Waals surface area contributed by atoms with Gasteiger partial charge in [-0.2, -0.15) is 11.8 Å². The van der Waals surface area contributed by atoms with Crippen LogP contribution in [-0.2, 0) is 4.79 Å². The molecule has 0 radical (unpaired) electrons. The fraction of sp³-hybridized carbons (Fsp3) is 0.889. The number of alkyl halides is 1. The van der Waals surface area contributed by atoms with Crippen molar-refractivity contribution in [2.24, 2.45) is 0 Å². The first-order valence-corrected chi connectivity index (χ1v) is 6.36. The van der Waals surface area contributed by atoms with Crippen molar-refractivity contribution in [1.29, 1.82) is 0 Å². The molecule has 13 heavy (non-hydrogen) atoms. The van der Waals surface area contributed by atoms with Crippen LogP contribution in [0.15, 0.2) is 0 Å². The maximum atomic E-state index is 11.0. The third kappa shape index (κ3) is 3.06. The molecule has 76 valence electrons.